The summed E-state index contributed by atoms with van der Waals surface area (Å²) >= 11 is 1.17. The largest absolute Gasteiger partial charge is 0.465 e. The van der Waals surface area contributed by atoms with Gasteiger partial charge in [-0.05, 0) is 42.8 Å². The van der Waals surface area contributed by atoms with E-state index in [4.69, 9.17) is 9.47 Å². The van der Waals surface area contributed by atoms with E-state index in [1.165, 1.54) is 48.3 Å². The fraction of sp³-hybridized carbons (Fsp3) is 0.150. The molecule has 0 aliphatic rings. The van der Waals surface area contributed by atoms with E-state index in [-0.39, 0.29) is 5.56 Å². The molecule has 10 heteroatoms. The van der Waals surface area contributed by atoms with Crippen LogP contribution in [0.3, 0.4) is 0 Å². The summed E-state index contributed by atoms with van der Waals surface area (Å²) in [6.07, 6.45) is 0. The van der Waals surface area contributed by atoms with Gasteiger partial charge in [0.25, 0.3) is 5.56 Å². The van der Waals surface area contributed by atoms with E-state index in [1.54, 1.807) is 18.2 Å². The van der Waals surface area contributed by atoms with Crippen molar-refractivity contribution in [3.63, 3.8) is 0 Å². The maximum absolute atomic E-state index is 12.8. The molecular weight excluding hydrogens is 408 g/mol. The SMILES string of the molecule is COC(=O)c1ccc(C)c(Nc2nn3c(=O)c4ccc(C(=O)OC)cc4nc3s2)c1. The average molecular weight is 424 g/mol. The van der Waals surface area contributed by atoms with Crippen LogP contribution in [0.4, 0.5) is 10.8 Å². The van der Waals surface area contributed by atoms with E-state index in [0.29, 0.717) is 37.8 Å². The normalized spacial score (nSPS) is 10.9. The van der Waals surface area contributed by atoms with Crippen molar-refractivity contribution in [2.75, 3.05) is 19.5 Å². The van der Waals surface area contributed by atoms with Gasteiger partial charge in [0.15, 0.2) is 0 Å². The maximum Gasteiger partial charge on any atom is 0.337 e. The summed E-state index contributed by atoms with van der Waals surface area (Å²) in [6.45, 7) is 1.88. The monoisotopic (exact) mass is 424 g/mol. The van der Waals surface area contributed by atoms with Crippen LogP contribution in [0.5, 0.6) is 0 Å². The molecule has 2 aromatic heterocycles. The third-order valence-corrected chi connectivity index (χ3v) is 5.34. The molecule has 2 aromatic carbocycles. The number of nitrogens with zero attached hydrogens (tertiary/aromatic N) is 3. The molecule has 152 valence electrons. The summed E-state index contributed by atoms with van der Waals surface area (Å²) in [5.41, 5.74) is 2.26. The zero-order valence-electron chi connectivity index (χ0n) is 16.3. The molecule has 4 rings (SSSR count). The molecule has 1 N–H and O–H groups in total. The zero-order valence-corrected chi connectivity index (χ0v) is 17.1. The van der Waals surface area contributed by atoms with Gasteiger partial charge in [0.2, 0.25) is 10.1 Å². The van der Waals surface area contributed by atoms with Crippen LogP contribution in [-0.2, 0) is 9.47 Å². The highest BCUT2D eigenvalue weighted by molar-refractivity contribution is 7.20. The predicted octanol–water partition coefficient (Wildman–Crippen LogP) is 2.93. The van der Waals surface area contributed by atoms with Gasteiger partial charge in [-0.1, -0.05) is 17.4 Å². The average Bonchev–Trinajstić information content (AvgIpc) is 3.16. The van der Waals surface area contributed by atoms with E-state index in [2.05, 4.69) is 15.4 Å². The molecule has 9 nitrogen and oxygen atoms in total. The number of hydrogen-bond acceptors (Lipinski definition) is 9. The van der Waals surface area contributed by atoms with Crippen molar-refractivity contribution in [2.24, 2.45) is 0 Å². The Morgan fingerprint density at radius 1 is 1.03 bits per heavy atom. The van der Waals surface area contributed by atoms with Gasteiger partial charge in [0, 0.05) is 5.69 Å². The lowest BCUT2D eigenvalue weighted by molar-refractivity contribution is 0.0592. The molecule has 0 saturated heterocycles. The molecule has 4 aromatic rings. The van der Waals surface area contributed by atoms with Crippen molar-refractivity contribution in [1.82, 2.24) is 14.6 Å². The van der Waals surface area contributed by atoms with Gasteiger partial charge in [0.1, 0.15) is 0 Å². The minimum atomic E-state index is -0.508. The van der Waals surface area contributed by atoms with Gasteiger partial charge in [-0.25, -0.2) is 14.6 Å². The molecule has 0 fully saturated rings. The molecule has 0 saturated carbocycles. The van der Waals surface area contributed by atoms with Crippen LogP contribution < -0.4 is 10.9 Å². The van der Waals surface area contributed by atoms with Crippen LogP contribution in [0.1, 0.15) is 26.3 Å². The number of esters is 2. The Morgan fingerprint density at radius 2 is 1.70 bits per heavy atom. The number of nitrogens with one attached hydrogen (secondary N) is 1. The predicted molar refractivity (Wildman–Crippen MR) is 112 cm³/mol. The number of methoxy groups -OCH3 is 2. The number of anilines is 2. The van der Waals surface area contributed by atoms with Crippen molar-refractivity contribution in [3.8, 4) is 0 Å². The van der Waals surface area contributed by atoms with Crippen LogP contribution in [0, 0.1) is 6.92 Å². The Hall–Kier alpha value is -3.79. The lowest BCUT2D eigenvalue weighted by Gasteiger charge is -2.08. The number of ether oxygens (including phenoxy) is 2. The highest BCUT2D eigenvalue weighted by Gasteiger charge is 2.15. The van der Waals surface area contributed by atoms with Crippen LogP contribution in [0.2, 0.25) is 0 Å². The lowest BCUT2D eigenvalue weighted by Crippen LogP contribution is -2.15. The summed E-state index contributed by atoms with van der Waals surface area (Å²) in [4.78, 5) is 41.2. The van der Waals surface area contributed by atoms with Crippen molar-refractivity contribution >= 4 is 50.0 Å². The van der Waals surface area contributed by atoms with E-state index < -0.39 is 11.9 Å². The first kappa shape index (κ1) is 19.5. The van der Waals surface area contributed by atoms with E-state index >= 15 is 0 Å². The second kappa shape index (κ2) is 7.56. The first-order valence-electron chi connectivity index (χ1n) is 8.79. The molecule has 0 amide bonds. The number of fused-ring (bicyclic) bond motifs is 2. The van der Waals surface area contributed by atoms with E-state index in [1.807, 2.05) is 6.92 Å². The van der Waals surface area contributed by atoms with Crippen molar-refractivity contribution in [2.45, 2.75) is 6.92 Å². The summed E-state index contributed by atoms with van der Waals surface area (Å²) in [7, 11) is 2.60. The number of carbonyl (C=O) groups is 2. The number of aryl methyl sites for hydroxylation is 1. The molecule has 0 unspecified atom stereocenters. The molecule has 30 heavy (non-hydrogen) atoms. The molecule has 0 radical (unpaired) electrons. The molecular formula is C20H16N4O5S. The molecule has 0 aliphatic carbocycles. The standard InChI is InChI=1S/C20H16N4O5S/c1-10-4-5-11(17(26)28-2)8-14(10)21-19-23-24-16(25)13-7-6-12(18(27)29-3)9-15(13)22-20(24)30-19/h4-9H,1-3H3,(H,21,23). The fourth-order valence-corrected chi connectivity index (χ4v) is 3.73. The van der Waals surface area contributed by atoms with Crippen LogP contribution in [0.15, 0.2) is 41.2 Å². The minimum absolute atomic E-state index is 0.305. The van der Waals surface area contributed by atoms with Gasteiger partial charge in [-0.2, -0.15) is 4.52 Å². The van der Waals surface area contributed by atoms with Crippen LogP contribution in [-0.4, -0.2) is 40.8 Å². The second-order valence-corrected chi connectivity index (χ2v) is 7.34. The fourth-order valence-electron chi connectivity index (χ4n) is 2.92. The Balaban J connectivity index is 1.78. The van der Waals surface area contributed by atoms with Crippen molar-refractivity contribution in [1.29, 1.82) is 0 Å². The summed E-state index contributed by atoms with van der Waals surface area (Å²) < 4.78 is 10.7. The molecule has 0 atom stereocenters. The zero-order chi connectivity index (χ0) is 21.4. The molecule has 2 heterocycles. The third kappa shape index (κ3) is 3.37. The number of hydrogen-bond donors (Lipinski definition) is 1. The Bertz CT molecular complexity index is 1380. The van der Waals surface area contributed by atoms with Crippen molar-refractivity contribution < 1.29 is 19.1 Å². The molecule has 0 bridgehead atoms. The molecule has 0 aliphatic heterocycles. The van der Waals surface area contributed by atoms with Gasteiger partial charge in [-0.15, -0.1) is 5.10 Å². The Labute approximate surface area is 173 Å². The van der Waals surface area contributed by atoms with Crippen molar-refractivity contribution in [3.05, 3.63) is 63.4 Å². The van der Waals surface area contributed by atoms with Crippen LogP contribution >= 0.6 is 11.3 Å². The van der Waals surface area contributed by atoms with Gasteiger partial charge < -0.3 is 14.8 Å². The Morgan fingerprint density at radius 3 is 2.40 bits per heavy atom. The van der Waals surface area contributed by atoms with Gasteiger partial charge in [0.05, 0.1) is 36.2 Å². The second-order valence-electron chi connectivity index (χ2n) is 6.39. The first-order chi connectivity index (χ1) is 14.4. The smallest absolute Gasteiger partial charge is 0.337 e. The highest BCUT2D eigenvalue weighted by Crippen LogP contribution is 2.26. The molecule has 0 spiro atoms. The Kier molecular flexibility index (Phi) is 4.92. The lowest BCUT2D eigenvalue weighted by atomic mass is 10.1. The number of rotatable bonds is 4. The topological polar surface area (TPSA) is 112 Å². The maximum atomic E-state index is 12.8. The summed E-state index contributed by atoms with van der Waals surface area (Å²) in [6, 6.07) is 9.66. The quantitative estimate of drug-likeness (QED) is 0.498. The number of benzene rings is 2. The third-order valence-electron chi connectivity index (χ3n) is 4.52. The van der Waals surface area contributed by atoms with E-state index in [0.717, 1.165) is 5.56 Å². The summed E-state index contributed by atoms with van der Waals surface area (Å²) in [5, 5.41) is 8.19. The van der Waals surface area contributed by atoms with Crippen LogP contribution in [0.25, 0.3) is 15.9 Å². The number of carbonyl (C=O) groups excluding carboxylic acids is 2. The first-order valence-corrected chi connectivity index (χ1v) is 9.61. The highest BCUT2D eigenvalue weighted by atomic mass is 32.1. The number of aromatic nitrogens is 3. The summed E-state index contributed by atoms with van der Waals surface area (Å²) in [5.74, 6) is -0.959. The van der Waals surface area contributed by atoms with Gasteiger partial charge >= 0.3 is 11.9 Å². The van der Waals surface area contributed by atoms with Gasteiger partial charge in [-0.3, -0.25) is 4.79 Å². The van der Waals surface area contributed by atoms with E-state index in [9.17, 15) is 14.4 Å². The minimum Gasteiger partial charge on any atom is -0.465 e.